The lowest BCUT2D eigenvalue weighted by atomic mass is 10.1. The first kappa shape index (κ1) is 17.2. The van der Waals surface area contributed by atoms with Crippen LogP contribution in [0.5, 0.6) is 0 Å². The minimum Gasteiger partial charge on any atom is -0.448 e. The summed E-state index contributed by atoms with van der Waals surface area (Å²) < 4.78 is 5.23. The van der Waals surface area contributed by atoms with E-state index in [4.69, 9.17) is 10.5 Å². The normalized spacial score (nSPS) is 12.0. The minimum absolute atomic E-state index is 0.278. The number of thiophene rings is 1. The van der Waals surface area contributed by atoms with Gasteiger partial charge in [0.2, 0.25) is 0 Å². The third kappa shape index (κ3) is 4.56. The summed E-state index contributed by atoms with van der Waals surface area (Å²) in [6.45, 7) is 7.36. The summed E-state index contributed by atoms with van der Waals surface area (Å²) in [6, 6.07) is 0.775. The Morgan fingerprint density at radius 3 is 2.43 bits per heavy atom. The van der Waals surface area contributed by atoms with Crippen LogP contribution in [0.2, 0.25) is 0 Å². The number of urea groups is 1. The molecule has 1 aromatic heterocycles. The number of carbonyl (C=O) groups excluding carboxylic acids is 3. The van der Waals surface area contributed by atoms with Crippen molar-refractivity contribution in [3.63, 3.8) is 0 Å². The Hall–Kier alpha value is -1.89. The summed E-state index contributed by atoms with van der Waals surface area (Å²) in [6.07, 6.45) is -0.225. The summed E-state index contributed by atoms with van der Waals surface area (Å²) in [7, 11) is 0. The van der Waals surface area contributed by atoms with Crippen LogP contribution in [0.1, 0.15) is 40.9 Å². The summed E-state index contributed by atoms with van der Waals surface area (Å²) in [5.41, 5.74) is 5.93. The monoisotopic (exact) mass is 312 g/mol. The Morgan fingerprint density at radius 1 is 1.38 bits per heavy atom. The molecular formula is C14H20N2O4S. The number of imide groups is 1. The van der Waals surface area contributed by atoms with Gasteiger partial charge in [-0.25, -0.2) is 9.59 Å². The molecule has 21 heavy (non-hydrogen) atoms. The van der Waals surface area contributed by atoms with Gasteiger partial charge in [0.05, 0.1) is 0 Å². The molecule has 0 unspecified atom stereocenters. The van der Waals surface area contributed by atoms with E-state index in [0.717, 1.165) is 16.9 Å². The standard InChI is InChI=1S/C14H20N2O4S/c1-5-9-8(4)6-10(21-9)13(18)20-11(7(2)3)12(17)16-14(15)19/h6-7,11H,5H2,1-4H3,(H3,15,16,17,19)/t11-/m1/s1. The number of nitrogens with one attached hydrogen (secondary N) is 1. The third-order valence-corrected chi connectivity index (χ3v) is 4.25. The SMILES string of the molecule is CCc1sc(C(=O)O[C@@H](C(=O)NC(N)=O)C(C)C)cc1C. The molecule has 0 saturated heterocycles. The Labute approximate surface area is 127 Å². The molecule has 0 radical (unpaired) electrons. The first-order valence-corrected chi connectivity index (χ1v) is 7.48. The van der Waals surface area contributed by atoms with E-state index in [0.29, 0.717) is 4.88 Å². The molecule has 7 heteroatoms. The van der Waals surface area contributed by atoms with Gasteiger partial charge in [0.25, 0.3) is 5.91 Å². The fourth-order valence-corrected chi connectivity index (χ4v) is 2.83. The molecule has 0 fully saturated rings. The van der Waals surface area contributed by atoms with E-state index in [9.17, 15) is 14.4 Å². The van der Waals surface area contributed by atoms with Gasteiger partial charge in [0.1, 0.15) is 4.88 Å². The number of aryl methyl sites for hydroxylation is 2. The van der Waals surface area contributed by atoms with Crippen LogP contribution < -0.4 is 11.1 Å². The molecule has 0 spiro atoms. The largest absolute Gasteiger partial charge is 0.448 e. The second-order valence-electron chi connectivity index (χ2n) is 4.99. The van der Waals surface area contributed by atoms with Crippen LogP contribution in [-0.2, 0) is 16.0 Å². The van der Waals surface area contributed by atoms with E-state index in [1.165, 1.54) is 11.3 Å². The Bertz CT molecular complexity index is 551. The average Bonchev–Trinajstić information content (AvgIpc) is 2.75. The van der Waals surface area contributed by atoms with Crippen LogP contribution in [-0.4, -0.2) is 24.0 Å². The van der Waals surface area contributed by atoms with Gasteiger partial charge >= 0.3 is 12.0 Å². The van der Waals surface area contributed by atoms with Crippen molar-refractivity contribution >= 4 is 29.2 Å². The van der Waals surface area contributed by atoms with Gasteiger partial charge in [-0.1, -0.05) is 20.8 Å². The predicted molar refractivity (Wildman–Crippen MR) is 80.2 cm³/mol. The smallest absolute Gasteiger partial charge is 0.349 e. The van der Waals surface area contributed by atoms with E-state index >= 15 is 0 Å². The van der Waals surface area contributed by atoms with Gasteiger partial charge in [0, 0.05) is 4.88 Å². The first-order valence-electron chi connectivity index (χ1n) is 6.66. The number of hydrogen-bond donors (Lipinski definition) is 2. The van der Waals surface area contributed by atoms with E-state index in [1.807, 2.05) is 19.2 Å². The highest BCUT2D eigenvalue weighted by Gasteiger charge is 2.28. The zero-order chi connectivity index (χ0) is 16.2. The number of esters is 1. The number of nitrogens with two attached hydrogens (primary N) is 1. The molecule has 1 heterocycles. The maximum atomic E-state index is 12.1. The van der Waals surface area contributed by atoms with Crippen LogP contribution in [0.4, 0.5) is 4.79 Å². The lowest BCUT2D eigenvalue weighted by Crippen LogP contribution is -2.45. The van der Waals surface area contributed by atoms with E-state index in [-0.39, 0.29) is 5.92 Å². The van der Waals surface area contributed by atoms with Crippen molar-refractivity contribution in [1.82, 2.24) is 5.32 Å². The van der Waals surface area contributed by atoms with Crippen molar-refractivity contribution in [3.8, 4) is 0 Å². The van der Waals surface area contributed by atoms with Crippen LogP contribution >= 0.6 is 11.3 Å². The number of rotatable bonds is 5. The van der Waals surface area contributed by atoms with Crippen molar-refractivity contribution in [3.05, 3.63) is 21.4 Å². The molecule has 0 aliphatic heterocycles. The lowest BCUT2D eigenvalue weighted by molar-refractivity contribution is -0.130. The lowest BCUT2D eigenvalue weighted by Gasteiger charge is -2.19. The summed E-state index contributed by atoms with van der Waals surface area (Å²) in [4.78, 5) is 36.2. The van der Waals surface area contributed by atoms with E-state index in [2.05, 4.69) is 0 Å². The summed E-state index contributed by atoms with van der Waals surface area (Å²) in [5.74, 6) is -1.56. The first-order chi connectivity index (χ1) is 9.76. The highest BCUT2D eigenvalue weighted by molar-refractivity contribution is 7.14. The van der Waals surface area contributed by atoms with Crippen LogP contribution in [0.25, 0.3) is 0 Å². The number of primary amides is 1. The summed E-state index contributed by atoms with van der Waals surface area (Å²) >= 11 is 1.35. The zero-order valence-corrected chi connectivity index (χ0v) is 13.4. The molecule has 0 aliphatic carbocycles. The minimum atomic E-state index is -1.06. The molecule has 116 valence electrons. The molecule has 0 saturated carbocycles. The van der Waals surface area contributed by atoms with Gasteiger partial charge in [-0.2, -0.15) is 0 Å². The fourth-order valence-electron chi connectivity index (χ4n) is 1.83. The molecule has 3 amide bonds. The van der Waals surface area contributed by atoms with Crippen LogP contribution in [0.3, 0.4) is 0 Å². The molecule has 6 nitrogen and oxygen atoms in total. The molecular weight excluding hydrogens is 292 g/mol. The van der Waals surface area contributed by atoms with Gasteiger partial charge in [-0.05, 0) is 30.9 Å². The maximum Gasteiger partial charge on any atom is 0.349 e. The Kier molecular flexibility index (Phi) is 5.90. The van der Waals surface area contributed by atoms with Gasteiger partial charge in [-0.3, -0.25) is 10.1 Å². The van der Waals surface area contributed by atoms with Gasteiger partial charge in [-0.15, -0.1) is 11.3 Å². The van der Waals surface area contributed by atoms with Crippen molar-refractivity contribution in [1.29, 1.82) is 0 Å². The van der Waals surface area contributed by atoms with Crippen LogP contribution in [0.15, 0.2) is 6.07 Å². The Morgan fingerprint density at radius 2 is 2.00 bits per heavy atom. The van der Waals surface area contributed by atoms with Crippen LogP contribution in [0, 0.1) is 12.8 Å². The number of ether oxygens (including phenoxy) is 1. The number of amides is 3. The van der Waals surface area contributed by atoms with Crippen molar-refractivity contribution < 1.29 is 19.1 Å². The van der Waals surface area contributed by atoms with Gasteiger partial charge < -0.3 is 10.5 Å². The predicted octanol–water partition coefficient (Wildman–Crippen LogP) is 2.00. The van der Waals surface area contributed by atoms with Crippen molar-refractivity contribution in [2.75, 3.05) is 0 Å². The second-order valence-corrected chi connectivity index (χ2v) is 6.13. The number of hydrogen-bond acceptors (Lipinski definition) is 5. The molecule has 0 aliphatic rings. The molecule has 0 aromatic carbocycles. The molecule has 1 rings (SSSR count). The quantitative estimate of drug-likeness (QED) is 0.812. The van der Waals surface area contributed by atoms with Gasteiger partial charge in [0.15, 0.2) is 6.10 Å². The zero-order valence-electron chi connectivity index (χ0n) is 12.6. The highest BCUT2D eigenvalue weighted by atomic mass is 32.1. The maximum absolute atomic E-state index is 12.1. The van der Waals surface area contributed by atoms with E-state index in [1.54, 1.807) is 19.9 Å². The van der Waals surface area contributed by atoms with E-state index < -0.39 is 24.0 Å². The Balaban J connectivity index is 2.85. The summed E-state index contributed by atoms with van der Waals surface area (Å²) in [5, 5.41) is 1.93. The number of carbonyl (C=O) groups is 3. The highest BCUT2D eigenvalue weighted by Crippen LogP contribution is 2.24. The topological polar surface area (TPSA) is 98.5 Å². The second kappa shape index (κ2) is 7.21. The molecule has 1 aromatic rings. The molecule has 1 atom stereocenters. The fraction of sp³-hybridized carbons (Fsp3) is 0.500. The molecule has 3 N–H and O–H groups in total. The third-order valence-electron chi connectivity index (χ3n) is 2.89. The molecule has 0 bridgehead atoms. The van der Waals surface area contributed by atoms with Crippen molar-refractivity contribution in [2.24, 2.45) is 11.7 Å². The van der Waals surface area contributed by atoms with Crippen molar-refractivity contribution in [2.45, 2.75) is 40.2 Å². The average molecular weight is 312 g/mol.